The van der Waals surface area contributed by atoms with Crippen LogP contribution in [0.1, 0.15) is 32.3 Å². The van der Waals surface area contributed by atoms with Gasteiger partial charge in [0.2, 0.25) is 0 Å². The average Bonchev–Trinajstić information content (AvgIpc) is 2.98. The van der Waals surface area contributed by atoms with Crippen LogP contribution in [-0.2, 0) is 11.3 Å². The third kappa shape index (κ3) is 4.49. The van der Waals surface area contributed by atoms with Crippen molar-refractivity contribution in [1.29, 1.82) is 0 Å². The van der Waals surface area contributed by atoms with Crippen LogP contribution in [0.15, 0.2) is 21.8 Å². The first kappa shape index (κ1) is 15.3. The second kappa shape index (κ2) is 8.27. The van der Waals surface area contributed by atoms with Crippen LogP contribution in [0.4, 0.5) is 0 Å². The molecule has 0 radical (unpaired) electrons. The summed E-state index contributed by atoms with van der Waals surface area (Å²) in [7, 11) is 0. The lowest BCUT2D eigenvalue weighted by molar-refractivity contribution is 0.0263. The van der Waals surface area contributed by atoms with E-state index < -0.39 is 0 Å². The third-order valence-corrected chi connectivity index (χ3v) is 4.20. The predicted octanol–water partition coefficient (Wildman–Crippen LogP) is 2.71. The fraction of sp³-hybridized carbons (Fsp3) is 0.667. The van der Waals surface area contributed by atoms with Crippen molar-refractivity contribution in [2.24, 2.45) is 4.99 Å². The van der Waals surface area contributed by atoms with Crippen molar-refractivity contribution >= 4 is 17.3 Å². The molecule has 1 aliphatic heterocycles. The molecule has 1 saturated heterocycles. The van der Waals surface area contributed by atoms with E-state index in [2.05, 4.69) is 40.9 Å². The summed E-state index contributed by atoms with van der Waals surface area (Å²) in [6.07, 6.45) is 2.61. The van der Waals surface area contributed by atoms with Crippen molar-refractivity contribution in [3.05, 3.63) is 22.4 Å². The Labute approximate surface area is 125 Å². The van der Waals surface area contributed by atoms with Gasteiger partial charge in [0.15, 0.2) is 5.96 Å². The quantitative estimate of drug-likeness (QED) is 0.670. The number of ether oxygens (including phenoxy) is 1. The molecule has 2 heterocycles. The Morgan fingerprint density at radius 2 is 2.25 bits per heavy atom. The minimum absolute atomic E-state index is 0.427. The fourth-order valence-electron chi connectivity index (χ4n) is 2.44. The van der Waals surface area contributed by atoms with Crippen LogP contribution < -0.4 is 5.32 Å². The summed E-state index contributed by atoms with van der Waals surface area (Å²) >= 11 is 1.73. The molecule has 1 N–H and O–H groups in total. The van der Waals surface area contributed by atoms with E-state index in [1.54, 1.807) is 11.3 Å². The Balaban J connectivity index is 1.90. The molecule has 0 spiro atoms. The zero-order chi connectivity index (χ0) is 14.2. The van der Waals surface area contributed by atoms with Gasteiger partial charge in [-0.15, -0.1) is 0 Å². The van der Waals surface area contributed by atoms with Gasteiger partial charge in [0.1, 0.15) is 0 Å². The first-order valence-corrected chi connectivity index (χ1v) is 8.43. The van der Waals surface area contributed by atoms with Crippen molar-refractivity contribution in [1.82, 2.24) is 10.2 Å². The van der Waals surface area contributed by atoms with Crippen LogP contribution in [0, 0.1) is 0 Å². The minimum Gasteiger partial charge on any atom is -0.378 e. The number of nitrogens with zero attached hydrogens (tertiary/aromatic N) is 2. The topological polar surface area (TPSA) is 36.9 Å². The van der Waals surface area contributed by atoms with E-state index in [9.17, 15) is 0 Å². The summed E-state index contributed by atoms with van der Waals surface area (Å²) in [5, 5.41) is 7.66. The molecule has 2 rings (SSSR count). The van der Waals surface area contributed by atoms with E-state index in [0.717, 1.165) is 51.6 Å². The predicted molar refractivity (Wildman–Crippen MR) is 85.4 cm³/mol. The summed E-state index contributed by atoms with van der Waals surface area (Å²) in [5.74, 6) is 1.04. The normalized spacial score (nSPS) is 17.5. The van der Waals surface area contributed by atoms with Gasteiger partial charge in [0.05, 0.1) is 12.6 Å². The van der Waals surface area contributed by atoms with Crippen LogP contribution in [0.2, 0.25) is 0 Å². The maximum absolute atomic E-state index is 5.70. The van der Waals surface area contributed by atoms with Gasteiger partial charge in [-0.3, -0.25) is 0 Å². The first-order chi connectivity index (χ1) is 9.83. The summed E-state index contributed by atoms with van der Waals surface area (Å²) in [4.78, 5) is 7.10. The van der Waals surface area contributed by atoms with Gasteiger partial charge in [-0.25, -0.2) is 4.99 Å². The molecule has 20 heavy (non-hydrogen) atoms. The largest absolute Gasteiger partial charge is 0.378 e. The molecular weight excluding hydrogens is 270 g/mol. The van der Waals surface area contributed by atoms with Crippen molar-refractivity contribution in [3.63, 3.8) is 0 Å². The first-order valence-electron chi connectivity index (χ1n) is 7.49. The van der Waals surface area contributed by atoms with Gasteiger partial charge < -0.3 is 15.0 Å². The zero-order valence-electron chi connectivity index (χ0n) is 12.5. The smallest absolute Gasteiger partial charge is 0.194 e. The van der Waals surface area contributed by atoms with Crippen molar-refractivity contribution in [2.75, 3.05) is 26.2 Å². The molecule has 0 unspecified atom stereocenters. The number of aliphatic imine (C=N–C) groups is 1. The van der Waals surface area contributed by atoms with Crippen molar-refractivity contribution in [2.45, 2.75) is 39.3 Å². The lowest BCUT2D eigenvalue weighted by Gasteiger charge is -2.34. The molecule has 1 fully saturated rings. The molecule has 112 valence electrons. The summed E-state index contributed by atoms with van der Waals surface area (Å²) in [5.41, 5.74) is 1.29. The van der Waals surface area contributed by atoms with Crippen LogP contribution >= 0.6 is 11.3 Å². The number of rotatable bonds is 5. The average molecular weight is 295 g/mol. The van der Waals surface area contributed by atoms with E-state index >= 15 is 0 Å². The van der Waals surface area contributed by atoms with Gasteiger partial charge in [-0.1, -0.05) is 0 Å². The molecule has 4 nitrogen and oxygen atoms in total. The molecule has 0 bridgehead atoms. The Morgan fingerprint density at radius 3 is 2.85 bits per heavy atom. The highest BCUT2D eigenvalue weighted by Crippen LogP contribution is 2.14. The van der Waals surface area contributed by atoms with Crippen molar-refractivity contribution in [3.8, 4) is 0 Å². The molecule has 0 aliphatic carbocycles. The van der Waals surface area contributed by atoms with Crippen LogP contribution in [0.5, 0.6) is 0 Å². The van der Waals surface area contributed by atoms with E-state index in [1.165, 1.54) is 5.56 Å². The highest BCUT2D eigenvalue weighted by molar-refractivity contribution is 7.07. The van der Waals surface area contributed by atoms with Gasteiger partial charge >= 0.3 is 0 Å². The standard InChI is InChI=1S/C15H25N3OS/c1-3-16-15(17-11-13-7-10-20-12-13)18-8-5-14(6-9-18)19-4-2/h7,10,12,14H,3-6,8-9,11H2,1-2H3,(H,16,17). The monoisotopic (exact) mass is 295 g/mol. The van der Waals surface area contributed by atoms with E-state index in [4.69, 9.17) is 9.73 Å². The van der Waals surface area contributed by atoms with Gasteiger partial charge in [0.25, 0.3) is 0 Å². The van der Waals surface area contributed by atoms with Crippen LogP contribution in [-0.4, -0.2) is 43.2 Å². The number of guanidine groups is 1. The Kier molecular flexibility index (Phi) is 6.33. The minimum atomic E-state index is 0.427. The fourth-order valence-corrected chi connectivity index (χ4v) is 3.10. The zero-order valence-corrected chi connectivity index (χ0v) is 13.3. The third-order valence-electron chi connectivity index (χ3n) is 3.47. The lowest BCUT2D eigenvalue weighted by atomic mass is 10.1. The summed E-state index contributed by atoms with van der Waals surface area (Å²) in [6, 6.07) is 2.14. The Hall–Kier alpha value is -1.07. The number of nitrogens with one attached hydrogen (secondary N) is 1. The molecule has 1 aromatic rings. The second-order valence-electron chi connectivity index (χ2n) is 4.94. The molecule has 1 aromatic heterocycles. The van der Waals surface area contributed by atoms with Gasteiger partial charge in [-0.05, 0) is 49.1 Å². The number of likely N-dealkylation sites (tertiary alicyclic amines) is 1. The van der Waals surface area contributed by atoms with Crippen LogP contribution in [0.25, 0.3) is 0 Å². The summed E-state index contributed by atoms with van der Waals surface area (Å²) in [6.45, 7) is 8.73. The molecule has 5 heteroatoms. The Morgan fingerprint density at radius 1 is 1.45 bits per heavy atom. The summed E-state index contributed by atoms with van der Waals surface area (Å²) < 4.78 is 5.70. The van der Waals surface area contributed by atoms with E-state index in [1.807, 2.05) is 0 Å². The molecule has 0 aromatic carbocycles. The van der Waals surface area contributed by atoms with E-state index in [-0.39, 0.29) is 0 Å². The van der Waals surface area contributed by atoms with Gasteiger partial charge in [0, 0.05) is 26.2 Å². The van der Waals surface area contributed by atoms with Crippen molar-refractivity contribution < 1.29 is 4.74 Å². The maximum atomic E-state index is 5.70. The molecular formula is C15H25N3OS. The van der Waals surface area contributed by atoms with E-state index in [0.29, 0.717) is 6.10 Å². The molecule has 0 atom stereocenters. The van der Waals surface area contributed by atoms with Crippen LogP contribution in [0.3, 0.4) is 0 Å². The number of hydrogen-bond acceptors (Lipinski definition) is 3. The maximum Gasteiger partial charge on any atom is 0.194 e. The van der Waals surface area contributed by atoms with Gasteiger partial charge in [-0.2, -0.15) is 11.3 Å². The number of thiophene rings is 1. The molecule has 0 amide bonds. The SMILES string of the molecule is CCNC(=NCc1ccsc1)N1CCC(OCC)CC1. The Bertz CT molecular complexity index is 397. The second-order valence-corrected chi connectivity index (χ2v) is 5.72. The molecule has 0 saturated carbocycles. The number of hydrogen-bond donors (Lipinski definition) is 1. The lowest BCUT2D eigenvalue weighted by Crippen LogP contribution is -2.47. The number of piperidine rings is 1. The molecule has 1 aliphatic rings. The highest BCUT2D eigenvalue weighted by atomic mass is 32.1. The highest BCUT2D eigenvalue weighted by Gasteiger charge is 2.21.